The number of rotatable bonds is 9. The van der Waals surface area contributed by atoms with Gasteiger partial charge in [0, 0.05) is 17.3 Å². The van der Waals surface area contributed by atoms with Crippen LogP contribution in [0.25, 0.3) is 0 Å². The average molecular weight is 277 g/mol. The molecule has 0 saturated carbocycles. The van der Waals surface area contributed by atoms with E-state index in [1.54, 1.807) is 0 Å². The zero-order valence-corrected chi connectivity index (χ0v) is 12.2. The van der Waals surface area contributed by atoms with Gasteiger partial charge >= 0.3 is 0 Å². The predicted octanol–water partition coefficient (Wildman–Crippen LogP) is 3.83. The molecule has 0 fully saturated rings. The number of nitrogens with zero attached hydrogens (tertiary/aromatic N) is 1. The highest BCUT2D eigenvalue weighted by Gasteiger charge is 2.28. The molecule has 1 rings (SSSR count). The largest absolute Gasteiger partial charge is 0.299 e. The lowest BCUT2D eigenvalue weighted by Crippen LogP contribution is -2.25. The summed E-state index contributed by atoms with van der Waals surface area (Å²) in [5.74, 6) is -0.505. The van der Waals surface area contributed by atoms with Gasteiger partial charge in [-0.1, -0.05) is 57.0 Å². The highest BCUT2D eigenvalue weighted by atomic mass is 16.6. The van der Waals surface area contributed by atoms with Crippen molar-refractivity contribution < 1.29 is 9.72 Å². The Balaban J connectivity index is 2.77. The molecule has 0 aromatic heterocycles. The van der Waals surface area contributed by atoms with Crippen molar-refractivity contribution in [1.82, 2.24) is 0 Å². The number of nitro groups is 1. The number of unbranched alkanes of at least 4 members (excludes halogenated alkanes) is 2. The van der Waals surface area contributed by atoms with Gasteiger partial charge in [-0.2, -0.15) is 0 Å². The van der Waals surface area contributed by atoms with Gasteiger partial charge in [0.25, 0.3) is 0 Å². The lowest BCUT2D eigenvalue weighted by molar-refractivity contribution is -0.484. The summed E-state index contributed by atoms with van der Waals surface area (Å²) < 4.78 is 0. The van der Waals surface area contributed by atoms with Crippen molar-refractivity contribution in [3.63, 3.8) is 0 Å². The summed E-state index contributed by atoms with van der Waals surface area (Å²) in [5.41, 5.74) is 0.876. The van der Waals surface area contributed by atoms with Crippen LogP contribution in [0.2, 0.25) is 0 Å². The summed E-state index contributed by atoms with van der Waals surface area (Å²) in [4.78, 5) is 22.7. The van der Waals surface area contributed by atoms with Crippen LogP contribution in [0.4, 0.5) is 0 Å². The molecule has 0 heterocycles. The third kappa shape index (κ3) is 5.11. The minimum absolute atomic E-state index is 0.133. The van der Waals surface area contributed by atoms with E-state index in [2.05, 4.69) is 6.92 Å². The third-order valence-corrected chi connectivity index (χ3v) is 3.71. The van der Waals surface area contributed by atoms with Crippen molar-refractivity contribution in [2.75, 3.05) is 6.54 Å². The van der Waals surface area contributed by atoms with Gasteiger partial charge in [-0.05, 0) is 12.0 Å². The maximum Gasteiger partial charge on any atom is 0.211 e. The van der Waals surface area contributed by atoms with Gasteiger partial charge in [-0.25, -0.2) is 0 Å². The van der Waals surface area contributed by atoms with Crippen LogP contribution in [-0.4, -0.2) is 17.3 Å². The maximum atomic E-state index is 12.2. The van der Waals surface area contributed by atoms with Crippen molar-refractivity contribution >= 4 is 5.78 Å². The summed E-state index contributed by atoms with van der Waals surface area (Å²) in [6, 6.07) is 9.32. The molecule has 0 saturated heterocycles. The second-order valence-electron chi connectivity index (χ2n) is 5.24. The Kier molecular flexibility index (Phi) is 6.91. The fraction of sp³-hybridized carbons (Fsp3) is 0.562. The summed E-state index contributed by atoms with van der Waals surface area (Å²) in [7, 11) is 0. The lowest BCUT2D eigenvalue weighted by atomic mass is 9.83. The Labute approximate surface area is 120 Å². The molecule has 20 heavy (non-hydrogen) atoms. The quantitative estimate of drug-likeness (QED) is 0.391. The molecule has 0 aliphatic rings. The molecular formula is C16H23NO3. The van der Waals surface area contributed by atoms with Crippen LogP contribution < -0.4 is 0 Å². The Bertz CT molecular complexity index is 431. The van der Waals surface area contributed by atoms with E-state index in [0.717, 1.165) is 24.8 Å². The van der Waals surface area contributed by atoms with Gasteiger partial charge in [0.1, 0.15) is 5.78 Å². The monoisotopic (exact) mass is 277 g/mol. The summed E-state index contributed by atoms with van der Waals surface area (Å²) in [6.45, 7) is 3.72. The van der Waals surface area contributed by atoms with Gasteiger partial charge in [0.2, 0.25) is 6.54 Å². The van der Waals surface area contributed by atoms with Crippen LogP contribution in [0.3, 0.4) is 0 Å². The lowest BCUT2D eigenvalue weighted by Gasteiger charge is -2.20. The van der Waals surface area contributed by atoms with E-state index < -0.39 is 0 Å². The topological polar surface area (TPSA) is 60.2 Å². The zero-order valence-electron chi connectivity index (χ0n) is 12.2. The molecule has 0 aliphatic heterocycles. The van der Waals surface area contributed by atoms with Gasteiger partial charge in [0.15, 0.2) is 0 Å². The van der Waals surface area contributed by atoms with Crippen LogP contribution >= 0.6 is 0 Å². The summed E-state index contributed by atoms with van der Waals surface area (Å²) in [6.07, 6.45) is 3.50. The first kappa shape index (κ1) is 16.3. The molecule has 2 atom stereocenters. The van der Waals surface area contributed by atoms with Crippen molar-refractivity contribution in [1.29, 1.82) is 0 Å². The zero-order chi connectivity index (χ0) is 15.0. The summed E-state index contributed by atoms with van der Waals surface area (Å²) >= 11 is 0. The van der Waals surface area contributed by atoms with E-state index in [0.29, 0.717) is 6.42 Å². The van der Waals surface area contributed by atoms with Crippen LogP contribution in [-0.2, 0) is 4.79 Å². The number of hydrogen-bond donors (Lipinski definition) is 0. The van der Waals surface area contributed by atoms with Crippen LogP contribution in [0.15, 0.2) is 30.3 Å². The SMILES string of the molecule is CCCCCC(=O)[C@@H](C)[C@H](C[N+](=O)[O-])c1ccccc1. The van der Waals surface area contributed by atoms with Gasteiger partial charge in [-0.3, -0.25) is 14.9 Å². The molecule has 0 bridgehead atoms. The van der Waals surface area contributed by atoms with Crippen molar-refractivity contribution in [3.8, 4) is 0 Å². The predicted molar refractivity (Wildman–Crippen MR) is 79.4 cm³/mol. The Morgan fingerprint density at radius 2 is 1.90 bits per heavy atom. The van der Waals surface area contributed by atoms with E-state index in [1.807, 2.05) is 37.3 Å². The minimum Gasteiger partial charge on any atom is -0.299 e. The molecule has 4 nitrogen and oxygen atoms in total. The molecular weight excluding hydrogens is 254 g/mol. The van der Waals surface area contributed by atoms with E-state index in [9.17, 15) is 14.9 Å². The van der Waals surface area contributed by atoms with Gasteiger partial charge < -0.3 is 0 Å². The Morgan fingerprint density at radius 1 is 1.25 bits per heavy atom. The smallest absolute Gasteiger partial charge is 0.211 e. The molecule has 0 spiro atoms. The number of hydrogen-bond acceptors (Lipinski definition) is 3. The van der Waals surface area contributed by atoms with E-state index in [-0.39, 0.29) is 29.1 Å². The number of Topliss-reactive ketones (excluding diaryl/α,β-unsaturated/α-hetero) is 1. The third-order valence-electron chi connectivity index (χ3n) is 3.71. The second kappa shape index (κ2) is 8.46. The number of ketones is 1. The Morgan fingerprint density at radius 3 is 2.45 bits per heavy atom. The molecule has 110 valence electrons. The maximum absolute atomic E-state index is 12.2. The van der Waals surface area contributed by atoms with E-state index in [1.165, 1.54) is 0 Å². The van der Waals surface area contributed by atoms with Crippen LogP contribution in [0, 0.1) is 16.0 Å². The normalized spacial score (nSPS) is 13.7. The van der Waals surface area contributed by atoms with Crippen molar-refractivity contribution in [2.45, 2.75) is 45.4 Å². The standard InChI is InChI=1S/C16H23NO3/c1-3-4-6-11-16(18)13(2)15(12-17(19)20)14-9-7-5-8-10-14/h5,7-10,13,15H,3-4,6,11-12H2,1-2H3/t13-,15-/m0/s1. The minimum atomic E-state index is -0.333. The first-order chi connectivity index (χ1) is 9.56. The number of carbonyl (C=O) groups excluding carboxylic acids is 1. The highest BCUT2D eigenvalue weighted by Crippen LogP contribution is 2.27. The molecule has 0 amide bonds. The number of benzene rings is 1. The molecule has 0 unspecified atom stereocenters. The molecule has 1 aromatic carbocycles. The molecule has 0 N–H and O–H groups in total. The fourth-order valence-electron chi connectivity index (χ4n) is 2.41. The number of carbonyl (C=O) groups is 1. The fourth-order valence-corrected chi connectivity index (χ4v) is 2.41. The average Bonchev–Trinajstić information content (AvgIpc) is 2.45. The first-order valence-electron chi connectivity index (χ1n) is 7.25. The summed E-state index contributed by atoms with van der Waals surface area (Å²) in [5, 5.41) is 10.9. The second-order valence-corrected chi connectivity index (χ2v) is 5.24. The van der Waals surface area contributed by atoms with Crippen molar-refractivity contribution in [2.24, 2.45) is 5.92 Å². The first-order valence-corrected chi connectivity index (χ1v) is 7.25. The van der Waals surface area contributed by atoms with Crippen LogP contribution in [0.5, 0.6) is 0 Å². The molecule has 0 aliphatic carbocycles. The van der Waals surface area contributed by atoms with Gasteiger partial charge in [0.05, 0.1) is 5.92 Å². The molecule has 1 aromatic rings. The van der Waals surface area contributed by atoms with E-state index >= 15 is 0 Å². The van der Waals surface area contributed by atoms with Gasteiger partial charge in [-0.15, -0.1) is 0 Å². The van der Waals surface area contributed by atoms with Crippen LogP contribution in [0.1, 0.15) is 51.0 Å². The van der Waals surface area contributed by atoms with E-state index in [4.69, 9.17) is 0 Å². The molecule has 0 radical (unpaired) electrons. The Hall–Kier alpha value is -1.71. The molecule has 4 heteroatoms. The van der Waals surface area contributed by atoms with Crippen molar-refractivity contribution in [3.05, 3.63) is 46.0 Å². The highest BCUT2D eigenvalue weighted by molar-refractivity contribution is 5.81.